The molecule has 2 heteroatoms. The van der Waals surface area contributed by atoms with Crippen molar-refractivity contribution in [2.75, 3.05) is 0 Å². The number of carbonyl (C=O) groups excluding carboxylic acids is 1. The van der Waals surface area contributed by atoms with Crippen LogP contribution in [-0.4, -0.2) is 5.78 Å². The van der Waals surface area contributed by atoms with Crippen LogP contribution in [0.15, 0.2) is 83.8 Å². The molecule has 3 aromatic carbocycles. The van der Waals surface area contributed by atoms with Gasteiger partial charge in [0.15, 0.2) is 5.78 Å². The van der Waals surface area contributed by atoms with Gasteiger partial charge in [-0.3, -0.25) is 4.79 Å². The molecule has 1 aliphatic rings. The van der Waals surface area contributed by atoms with Gasteiger partial charge in [-0.25, -0.2) is 0 Å². The van der Waals surface area contributed by atoms with Crippen LogP contribution < -0.4 is 0 Å². The van der Waals surface area contributed by atoms with E-state index >= 15 is 0 Å². The normalized spacial score (nSPS) is 17.6. The minimum absolute atomic E-state index is 0.0119. The maximum absolute atomic E-state index is 13.3. The molecule has 4 rings (SSSR count). The number of benzene rings is 3. The van der Waals surface area contributed by atoms with Crippen molar-refractivity contribution >= 4 is 17.5 Å². The van der Waals surface area contributed by atoms with Crippen LogP contribution in [0.1, 0.15) is 38.7 Å². The quantitative estimate of drug-likeness (QED) is 0.511. The molecule has 0 spiro atoms. The zero-order valence-electron chi connectivity index (χ0n) is 14.9. The van der Waals surface area contributed by atoms with Gasteiger partial charge in [0, 0.05) is 21.6 Å². The van der Waals surface area contributed by atoms with Gasteiger partial charge in [-0.2, -0.15) is 0 Å². The average molecular weight is 359 g/mol. The Kier molecular flexibility index (Phi) is 4.94. The Morgan fingerprint density at radius 2 is 1.58 bits per heavy atom. The van der Waals surface area contributed by atoms with Crippen molar-refractivity contribution in [1.29, 1.82) is 0 Å². The van der Waals surface area contributed by atoms with Crippen molar-refractivity contribution in [3.63, 3.8) is 0 Å². The SMILES string of the molecule is Cc1ccc([C@@H](Sc2ccccc2)[C@@H]2CCc3ccccc3C2=O)cc1. The molecular weight excluding hydrogens is 336 g/mol. The Labute approximate surface area is 159 Å². The fraction of sp³-hybridized carbons (Fsp3) is 0.208. The molecule has 0 unspecified atom stereocenters. The average Bonchev–Trinajstić information content (AvgIpc) is 2.69. The van der Waals surface area contributed by atoms with Gasteiger partial charge in [-0.15, -0.1) is 11.8 Å². The summed E-state index contributed by atoms with van der Waals surface area (Å²) >= 11 is 1.81. The van der Waals surface area contributed by atoms with E-state index < -0.39 is 0 Å². The van der Waals surface area contributed by atoms with Gasteiger partial charge in [-0.1, -0.05) is 72.3 Å². The first kappa shape index (κ1) is 17.1. The van der Waals surface area contributed by atoms with E-state index in [0.29, 0.717) is 5.78 Å². The lowest BCUT2D eigenvalue weighted by Crippen LogP contribution is -2.27. The molecule has 2 atom stereocenters. The van der Waals surface area contributed by atoms with Gasteiger partial charge >= 0.3 is 0 Å². The first-order chi connectivity index (χ1) is 12.7. The summed E-state index contributed by atoms with van der Waals surface area (Å²) < 4.78 is 0. The van der Waals surface area contributed by atoms with Crippen LogP contribution in [0.3, 0.4) is 0 Å². The van der Waals surface area contributed by atoms with E-state index in [1.54, 1.807) is 0 Å². The molecule has 130 valence electrons. The van der Waals surface area contributed by atoms with Crippen molar-refractivity contribution in [2.24, 2.45) is 5.92 Å². The highest BCUT2D eigenvalue weighted by molar-refractivity contribution is 7.99. The third-order valence-corrected chi connectivity index (χ3v) is 6.52. The highest BCUT2D eigenvalue weighted by atomic mass is 32.2. The van der Waals surface area contributed by atoms with Crippen molar-refractivity contribution in [3.8, 4) is 0 Å². The van der Waals surface area contributed by atoms with E-state index in [9.17, 15) is 4.79 Å². The van der Waals surface area contributed by atoms with Crippen LogP contribution in [0.4, 0.5) is 0 Å². The van der Waals surface area contributed by atoms with Gasteiger partial charge < -0.3 is 0 Å². The van der Waals surface area contributed by atoms with Crippen LogP contribution in [0, 0.1) is 12.8 Å². The minimum Gasteiger partial charge on any atom is -0.294 e. The molecule has 0 heterocycles. The van der Waals surface area contributed by atoms with Gasteiger partial charge in [0.25, 0.3) is 0 Å². The number of hydrogen-bond donors (Lipinski definition) is 0. The fourth-order valence-corrected chi connectivity index (χ4v) is 5.02. The van der Waals surface area contributed by atoms with Crippen molar-refractivity contribution < 1.29 is 4.79 Å². The van der Waals surface area contributed by atoms with Crippen LogP contribution in [0.25, 0.3) is 0 Å². The Hall–Kier alpha value is -2.32. The lowest BCUT2D eigenvalue weighted by atomic mass is 9.79. The van der Waals surface area contributed by atoms with Crippen molar-refractivity contribution in [2.45, 2.75) is 29.9 Å². The summed E-state index contributed by atoms with van der Waals surface area (Å²) in [5.41, 5.74) is 4.59. The highest BCUT2D eigenvalue weighted by Gasteiger charge is 2.34. The predicted octanol–water partition coefficient (Wildman–Crippen LogP) is 6.27. The summed E-state index contributed by atoms with van der Waals surface area (Å²) in [4.78, 5) is 14.5. The number of Topliss-reactive ketones (excluding diaryl/α,β-unsaturated/α-hetero) is 1. The van der Waals surface area contributed by atoms with Gasteiger partial charge in [0.1, 0.15) is 0 Å². The number of fused-ring (bicyclic) bond motifs is 1. The largest absolute Gasteiger partial charge is 0.294 e. The second-order valence-electron chi connectivity index (χ2n) is 6.93. The zero-order valence-corrected chi connectivity index (χ0v) is 15.7. The molecule has 0 saturated carbocycles. The van der Waals surface area contributed by atoms with Crippen molar-refractivity contribution in [1.82, 2.24) is 0 Å². The summed E-state index contributed by atoms with van der Waals surface area (Å²) in [6.45, 7) is 2.10. The van der Waals surface area contributed by atoms with Crippen LogP contribution >= 0.6 is 11.8 Å². The number of rotatable bonds is 4. The molecule has 3 aromatic rings. The molecular formula is C24H22OS. The molecule has 1 nitrogen and oxygen atoms in total. The molecule has 0 N–H and O–H groups in total. The molecule has 0 bridgehead atoms. The molecule has 0 aromatic heterocycles. The van der Waals surface area contributed by atoms with Crippen LogP contribution in [0.2, 0.25) is 0 Å². The van der Waals surface area contributed by atoms with Crippen LogP contribution in [0.5, 0.6) is 0 Å². The monoisotopic (exact) mass is 358 g/mol. The highest BCUT2D eigenvalue weighted by Crippen LogP contribution is 2.45. The molecule has 0 saturated heterocycles. The smallest absolute Gasteiger partial charge is 0.167 e. The first-order valence-corrected chi connectivity index (χ1v) is 10.0. The predicted molar refractivity (Wildman–Crippen MR) is 109 cm³/mol. The number of hydrogen-bond acceptors (Lipinski definition) is 2. The maximum atomic E-state index is 13.3. The van der Waals surface area contributed by atoms with E-state index in [0.717, 1.165) is 18.4 Å². The Morgan fingerprint density at radius 3 is 2.35 bits per heavy atom. The summed E-state index contributed by atoms with van der Waals surface area (Å²) in [5.74, 6) is 0.304. The summed E-state index contributed by atoms with van der Waals surface area (Å²) in [7, 11) is 0. The molecule has 0 aliphatic heterocycles. The number of carbonyl (C=O) groups is 1. The van der Waals surface area contributed by atoms with Gasteiger partial charge in [-0.05, 0) is 43.0 Å². The minimum atomic E-state index is 0.0119. The molecule has 0 amide bonds. The number of thioether (sulfide) groups is 1. The van der Waals surface area contributed by atoms with Crippen LogP contribution in [-0.2, 0) is 6.42 Å². The topological polar surface area (TPSA) is 17.1 Å². The lowest BCUT2D eigenvalue weighted by molar-refractivity contribution is 0.0899. The fourth-order valence-electron chi connectivity index (χ4n) is 3.69. The van der Waals surface area contributed by atoms with E-state index in [1.165, 1.54) is 21.6 Å². The molecule has 0 fully saturated rings. The van der Waals surface area contributed by atoms with Gasteiger partial charge in [0.05, 0.1) is 0 Å². The lowest BCUT2D eigenvalue weighted by Gasteiger charge is -2.30. The summed E-state index contributed by atoms with van der Waals surface area (Å²) in [6.07, 6.45) is 1.89. The van der Waals surface area contributed by atoms with E-state index in [4.69, 9.17) is 0 Å². The Bertz CT molecular complexity index is 899. The molecule has 26 heavy (non-hydrogen) atoms. The van der Waals surface area contributed by atoms with Gasteiger partial charge in [0.2, 0.25) is 0 Å². The maximum Gasteiger partial charge on any atom is 0.167 e. The third kappa shape index (κ3) is 3.47. The zero-order chi connectivity index (χ0) is 17.9. The van der Waals surface area contributed by atoms with E-state index in [2.05, 4.69) is 61.5 Å². The third-order valence-electron chi connectivity index (χ3n) is 5.12. The second-order valence-corrected chi connectivity index (χ2v) is 8.14. The first-order valence-electron chi connectivity index (χ1n) is 9.13. The second kappa shape index (κ2) is 7.51. The van der Waals surface area contributed by atoms with E-state index in [-0.39, 0.29) is 11.2 Å². The number of aryl methyl sites for hydroxylation is 2. The molecule has 0 radical (unpaired) electrons. The number of ketones is 1. The standard InChI is InChI=1S/C24H22OS/c1-17-11-13-19(14-12-17)24(26-20-8-3-2-4-9-20)22-16-15-18-7-5-6-10-21(18)23(22)25/h2-14,22,24H,15-16H2,1H3/t22-,24-/m1/s1. The summed E-state index contributed by atoms with van der Waals surface area (Å²) in [6, 6.07) is 27.2. The Balaban J connectivity index is 1.71. The van der Waals surface area contributed by atoms with Crippen molar-refractivity contribution in [3.05, 3.63) is 101 Å². The Morgan fingerprint density at radius 1 is 0.885 bits per heavy atom. The molecule has 1 aliphatic carbocycles. The van der Waals surface area contributed by atoms with E-state index in [1.807, 2.05) is 36.0 Å². The summed E-state index contributed by atoms with van der Waals surface area (Å²) in [5, 5.41) is 0.138.